The standard InChI is InChI=1S/C12H18ClN3/c1-3-8(2)7-14-11-6-10(13)15-12(16-11)9-4-5-9/h6,8-9H,3-5,7H2,1-2H3,(H,14,15,16). The van der Waals surface area contributed by atoms with Crippen LogP contribution in [0.25, 0.3) is 0 Å². The second-order valence-corrected chi connectivity index (χ2v) is 4.99. The highest BCUT2D eigenvalue weighted by molar-refractivity contribution is 6.29. The fourth-order valence-electron chi connectivity index (χ4n) is 1.47. The van der Waals surface area contributed by atoms with Gasteiger partial charge < -0.3 is 5.32 Å². The first kappa shape index (κ1) is 11.6. The SMILES string of the molecule is CCC(C)CNc1cc(Cl)nc(C2CC2)n1. The molecular formula is C12H18ClN3. The number of hydrogen-bond donors (Lipinski definition) is 1. The smallest absolute Gasteiger partial charge is 0.135 e. The van der Waals surface area contributed by atoms with Crippen molar-refractivity contribution in [1.29, 1.82) is 0 Å². The number of anilines is 1. The van der Waals surface area contributed by atoms with E-state index in [1.807, 2.05) is 0 Å². The molecule has 1 N–H and O–H groups in total. The Bertz CT molecular complexity index is 363. The average Bonchev–Trinajstić information content (AvgIpc) is 3.09. The molecule has 3 nitrogen and oxygen atoms in total. The summed E-state index contributed by atoms with van der Waals surface area (Å²) in [6.45, 7) is 5.35. The summed E-state index contributed by atoms with van der Waals surface area (Å²) in [4.78, 5) is 8.75. The lowest BCUT2D eigenvalue weighted by Crippen LogP contribution is -2.12. The third kappa shape index (κ3) is 3.08. The lowest BCUT2D eigenvalue weighted by atomic mass is 10.1. The molecule has 1 unspecified atom stereocenters. The van der Waals surface area contributed by atoms with Gasteiger partial charge in [-0.3, -0.25) is 0 Å². The van der Waals surface area contributed by atoms with Crippen molar-refractivity contribution in [3.05, 3.63) is 17.0 Å². The minimum absolute atomic E-state index is 0.544. The van der Waals surface area contributed by atoms with Crippen molar-refractivity contribution in [3.8, 4) is 0 Å². The molecule has 4 heteroatoms. The van der Waals surface area contributed by atoms with Crippen LogP contribution in [-0.2, 0) is 0 Å². The van der Waals surface area contributed by atoms with Gasteiger partial charge in [-0.2, -0.15) is 0 Å². The summed E-state index contributed by atoms with van der Waals surface area (Å²) in [6, 6.07) is 1.80. The summed E-state index contributed by atoms with van der Waals surface area (Å²) < 4.78 is 0. The van der Waals surface area contributed by atoms with Gasteiger partial charge in [0.2, 0.25) is 0 Å². The Hall–Kier alpha value is -0.830. The van der Waals surface area contributed by atoms with Crippen molar-refractivity contribution in [2.75, 3.05) is 11.9 Å². The molecule has 0 saturated heterocycles. The molecule has 88 valence electrons. The van der Waals surface area contributed by atoms with Gasteiger partial charge in [0.25, 0.3) is 0 Å². The molecule has 1 aromatic heterocycles. The van der Waals surface area contributed by atoms with E-state index in [2.05, 4.69) is 29.1 Å². The zero-order valence-electron chi connectivity index (χ0n) is 9.83. The van der Waals surface area contributed by atoms with Crippen LogP contribution >= 0.6 is 11.6 Å². The number of nitrogens with zero attached hydrogens (tertiary/aromatic N) is 2. The van der Waals surface area contributed by atoms with E-state index in [1.165, 1.54) is 19.3 Å². The highest BCUT2D eigenvalue weighted by atomic mass is 35.5. The van der Waals surface area contributed by atoms with E-state index in [1.54, 1.807) is 6.07 Å². The normalized spacial score (nSPS) is 17.2. The molecule has 0 aliphatic heterocycles. The van der Waals surface area contributed by atoms with E-state index in [4.69, 9.17) is 11.6 Å². The molecule has 1 aliphatic rings. The minimum Gasteiger partial charge on any atom is -0.370 e. The van der Waals surface area contributed by atoms with Crippen LogP contribution in [0.4, 0.5) is 5.82 Å². The number of hydrogen-bond acceptors (Lipinski definition) is 3. The second kappa shape index (κ2) is 5.00. The number of halogens is 1. The first-order valence-corrected chi connectivity index (χ1v) is 6.35. The molecule has 1 heterocycles. The Kier molecular flexibility index (Phi) is 3.64. The highest BCUT2D eigenvalue weighted by Crippen LogP contribution is 2.38. The highest BCUT2D eigenvalue weighted by Gasteiger charge is 2.27. The Morgan fingerprint density at radius 3 is 2.88 bits per heavy atom. The maximum absolute atomic E-state index is 5.98. The van der Waals surface area contributed by atoms with Crippen molar-refractivity contribution in [1.82, 2.24) is 9.97 Å². The molecule has 2 rings (SSSR count). The maximum Gasteiger partial charge on any atom is 0.135 e. The molecule has 1 aliphatic carbocycles. The Morgan fingerprint density at radius 2 is 2.25 bits per heavy atom. The quantitative estimate of drug-likeness (QED) is 0.800. The molecule has 0 spiro atoms. The van der Waals surface area contributed by atoms with Crippen LogP contribution in [0.3, 0.4) is 0 Å². The van der Waals surface area contributed by atoms with Crippen molar-refractivity contribution in [2.45, 2.75) is 39.0 Å². The van der Waals surface area contributed by atoms with Gasteiger partial charge in [-0.25, -0.2) is 9.97 Å². The maximum atomic E-state index is 5.98. The summed E-state index contributed by atoms with van der Waals surface area (Å²) in [5.74, 6) is 2.96. The average molecular weight is 240 g/mol. The van der Waals surface area contributed by atoms with Crippen molar-refractivity contribution < 1.29 is 0 Å². The van der Waals surface area contributed by atoms with E-state index in [-0.39, 0.29) is 0 Å². The van der Waals surface area contributed by atoms with Gasteiger partial charge in [0, 0.05) is 18.5 Å². The molecule has 16 heavy (non-hydrogen) atoms. The molecular weight excluding hydrogens is 222 g/mol. The lowest BCUT2D eigenvalue weighted by molar-refractivity contribution is 0.592. The molecule has 0 radical (unpaired) electrons. The van der Waals surface area contributed by atoms with Gasteiger partial charge in [-0.05, 0) is 18.8 Å². The largest absolute Gasteiger partial charge is 0.370 e. The first-order valence-electron chi connectivity index (χ1n) is 5.97. The molecule has 1 saturated carbocycles. The van der Waals surface area contributed by atoms with Crippen molar-refractivity contribution >= 4 is 17.4 Å². The fourth-order valence-corrected chi connectivity index (χ4v) is 1.66. The van der Waals surface area contributed by atoms with Gasteiger partial charge in [0.15, 0.2) is 0 Å². The van der Waals surface area contributed by atoms with E-state index in [0.29, 0.717) is 17.0 Å². The Labute approximate surface area is 102 Å². The van der Waals surface area contributed by atoms with Crippen LogP contribution in [0.1, 0.15) is 44.9 Å². The van der Waals surface area contributed by atoms with Crippen LogP contribution in [0.5, 0.6) is 0 Å². The molecule has 1 aromatic rings. The second-order valence-electron chi connectivity index (χ2n) is 4.60. The zero-order valence-corrected chi connectivity index (χ0v) is 10.6. The summed E-state index contributed by atoms with van der Waals surface area (Å²) in [6.07, 6.45) is 3.57. The van der Waals surface area contributed by atoms with Gasteiger partial charge in [-0.15, -0.1) is 0 Å². The number of aromatic nitrogens is 2. The predicted octanol–water partition coefficient (Wildman–Crippen LogP) is 3.47. The topological polar surface area (TPSA) is 37.8 Å². The van der Waals surface area contributed by atoms with Gasteiger partial charge in [0.05, 0.1) is 0 Å². The van der Waals surface area contributed by atoms with Crippen LogP contribution < -0.4 is 5.32 Å². The van der Waals surface area contributed by atoms with E-state index >= 15 is 0 Å². The van der Waals surface area contributed by atoms with E-state index < -0.39 is 0 Å². The van der Waals surface area contributed by atoms with Gasteiger partial charge in [-0.1, -0.05) is 31.9 Å². The van der Waals surface area contributed by atoms with Crippen LogP contribution in [0, 0.1) is 5.92 Å². The van der Waals surface area contributed by atoms with Gasteiger partial charge >= 0.3 is 0 Å². The van der Waals surface area contributed by atoms with E-state index in [0.717, 1.165) is 18.2 Å². The monoisotopic (exact) mass is 239 g/mol. The Morgan fingerprint density at radius 1 is 1.50 bits per heavy atom. The Balaban J connectivity index is 2.02. The minimum atomic E-state index is 0.544. The molecule has 1 fully saturated rings. The van der Waals surface area contributed by atoms with Crippen LogP contribution in [0.2, 0.25) is 5.15 Å². The molecule has 0 aromatic carbocycles. The summed E-state index contributed by atoms with van der Waals surface area (Å²) in [5.41, 5.74) is 0. The predicted molar refractivity (Wildman–Crippen MR) is 67.0 cm³/mol. The van der Waals surface area contributed by atoms with Crippen molar-refractivity contribution in [2.24, 2.45) is 5.92 Å². The fraction of sp³-hybridized carbons (Fsp3) is 0.667. The molecule has 1 atom stereocenters. The van der Waals surface area contributed by atoms with Crippen molar-refractivity contribution in [3.63, 3.8) is 0 Å². The molecule has 0 amide bonds. The van der Waals surface area contributed by atoms with Crippen LogP contribution in [0.15, 0.2) is 6.07 Å². The number of rotatable bonds is 5. The molecule has 0 bridgehead atoms. The zero-order chi connectivity index (χ0) is 11.5. The lowest BCUT2D eigenvalue weighted by Gasteiger charge is -2.11. The van der Waals surface area contributed by atoms with Crippen LogP contribution in [-0.4, -0.2) is 16.5 Å². The summed E-state index contributed by atoms with van der Waals surface area (Å²) >= 11 is 5.98. The third-order valence-electron chi connectivity index (χ3n) is 2.98. The summed E-state index contributed by atoms with van der Waals surface area (Å²) in [5, 5.41) is 3.87. The third-order valence-corrected chi connectivity index (χ3v) is 3.18. The van der Waals surface area contributed by atoms with Gasteiger partial charge in [0.1, 0.15) is 16.8 Å². The van der Waals surface area contributed by atoms with E-state index in [9.17, 15) is 0 Å². The number of nitrogens with one attached hydrogen (secondary N) is 1. The summed E-state index contributed by atoms with van der Waals surface area (Å²) in [7, 11) is 0. The first-order chi connectivity index (χ1) is 7.69.